The van der Waals surface area contributed by atoms with Gasteiger partial charge in [-0.3, -0.25) is 9.59 Å². The van der Waals surface area contributed by atoms with Crippen molar-refractivity contribution in [2.75, 3.05) is 59.5 Å². The number of morpholine rings is 1. The van der Waals surface area contributed by atoms with Crippen molar-refractivity contribution in [1.29, 1.82) is 0 Å². The maximum atomic E-state index is 12.0. The average molecular weight is 284 g/mol. The fourth-order valence-electron chi connectivity index (χ4n) is 2.36. The first-order valence-corrected chi connectivity index (χ1v) is 7.22. The zero-order valence-corrected chi connectivity index (χ0v) is 12.1. The van der Waals surface area contributed by atoms with Crippen LogP contribution in [0.25, 0.3) is 0 Å². The van der Waals surface area contributed by atoms with Crippen LogP contribution < -0.4 is 10.6 Å². The third-order valence-corrected chi connectivity index (χ3v) is 3.73. The lowest BCUT2D eigenvalue weighted by Gasteiger charge is -2.32. The van der Waals surface area contributed by atoms with Gasteiger partial charge in [0.25, 0.3) is 0 Å². The Morgan fingerprint density at radius 1 is 1.30 bits per heavy atom. The maximum Gasteiger partial charge on any atom is 0.239 e. The highest BCUT2D eigenvalue weighted by Gasteiger charge is 2.22. The number of piperazine rings is 1. The van der Waals surface area contributed by atoms with Gasteiger partial charge in [0.2, 0.25) is 11.8 Å². The number of hydrogen-bond acceptors (Lipinski definition) is 5. The number of nitrogens with zero attached hydrogens (tertiary/aromatic N) is 2. The van der Waals surface area contributed by atoms with E-state index < -0.39 is 0 Å². The monoisotopic (exact) mass is 284 g/mol. The van der Waals surface area contributed by atoms with Gasteiger partial charge in [0.05, 0.1) is 13.2 Å². The number of rotatable bonds is 4. The number of hydrogen-bond donors (Lipinski definition) is 2. The van der Waals surface area contributed by atoms with Crippen molar-refractivity contribution < 1.29 is 14.3 Å². The molecule has 0 spiro atoms. The third kappa shape index (κ3) is 4.43. The van der Waals surface area contributed by atoms with Crippen LogP contribution in [0.1, 0.15) is 6.42 Å². The molecule has 2 aliphatic heterocycles. The van der Waals surface area contributed by atoms with Crippen LogP contribution in [-0.4, -0.2) is 87.2 Å². The van der Waals surface area contributed by atoms with Crippen molar-refractivity contribution in [2.24, 2.45) is 0 Å². The fourth-order valence-corrected chi connectivity index (χ4v) is 2.36. The van der Waals surface area contributed by atoms with Crippen LogP contribution in [0.3, 0.4) is 0 Å². The predicted octanol–water partition coefficient (Wildman–Crippen LogP) is -1.74. The van der Waals surface area contributed by atoms with Crippen molar-refractivity contribution >= 4 is 11.8 Å². The minimum atomic E-state index is -0.289. The molecule has 0 aromatic rings. The van der Waals surface area contributed by atoms with E-state index in [0.717, 1.165) is 26.2 Å². The van der Waals surface area contributed by atoms with E-state index in [1.165, 1.54) is 0 Å². The molecule has 1 unspecified atom stereocenters. The van der Waals surface area contributed by atoms with E-state index in [0.29, 0.717) is 32.7 Å². The second kappa shape index (κ2) is 7.56. The summed E-state index contributed by atoms with van der Waals surface area (Å²) in [6, 6.07) is -0.289. The first-order valence-electron chi connectivity index (χ1n) is 7.22. The van der Waals surface area contributed by atoms with Crippen LogP contribution in [0.2, 0.25) is 0 Å². The summed E-state index contributed by atoms with van der Waals surface area (Å²) in [4.78, 5) is 27.9. The van der Waals surface area contributed by atoms with E-state index in [-0.39, 0.29) is 17.9 Å². The molecule has 20 heavy (non-hydrogen) atoms. The lowest BCUT2D eigenvalue weighted by Crippen LogP contribution is -2.52. The van der Waals surface area contributed by atoms with Crippen LogP contribution in [0, 0.1) is 0 Å². The smallest absolute Gasteiger partial charge is 0.239 e. The molecule has 2 amide bonds. The molecule has 0 aromatic heterocycles. The van der Waals surface area contributed by atoms with Gasteiger partial charge in [-0.05, 0) is 7.05 Å². The number of carbonyl (C=O) groups excluding carboxylic acids is 2. The number of ether oxygens (including phenoxy) is 1. The summed E-state index contributed by atoms with van der Waals surface area (Å²) < 4.78 is 5.23. The fraction of sp³-hybridized carbons (Fsp3) is 0.846. The van der Waals surface area contributed by atoms with Crippen LogP contribution in [0.4, 0.5) is 0 Å². The molecule has 2 heterocycles. The summed E-state index contributed by atoms with van der Waals surface area (Å²) >= 11 is 0. The van der Waals surface area contributed by atoms with Gasteiger partial charge in [-0.15, -0.1) is 0 Å². The Bertz CT molecular complexity index is 337. The Labute approximate surface area is 119 Å². The highest BCUT2D eigenvalue weighted by atomic mass is 16.5. The molecule has 2 saturated heterocycles. The van der Waals surface area contributed by atoms with E-state index in [9.17, 15) is 9.59 Å². The molecule has 0 aliphatic carbocycles. The predicted molar refractivity (Wildman–Crippen MR) is 74.3 cm³/mol. The van der Waals surface area contributed by atoms with Gasteiger partial charge in [-0.1, -0.05) is 0 Å². The van der Waals surface area contributed by atoms with Crippen LogP contribution in [0.15, 0.2) is 0 Å². The number of likely N-dealkylation sites (N-methyl/N-ethyl adjacent to an activating group) is 1. The van der Waals surface area contributed by atoms with Crippen molar-refractivity contribution in [1.82, 2.24) is 20.4 Å². The van der Waals surface area contributed by atoms with Crippen LogP contribution in [-0.2, 0) is 14.3 Å². The summed E-state index contributed by atoms with van der Waals surface area (Å²) in [5.74, 6) is 0.0298. The van der Waals surface area contributed by atoms with Gasteiger partial charge in [0.1, 0.15) is 6.04 Å². The van der Waals surface area contributed by atoms with Crippen molar-refractivity contribution in [3.8, 4) is 0 Å². The van der Waals surface area contributed by atoms with Crippen molar-refractivity contribution in [3.05, 3.63) is 0 Å². The van der Waals surface area contributed by atoms with E-state index in [1.54, 1.807) is 0 Å². The maximum absolute atomic E-state index is 12.0. The van der Waals surface area contributed by atoms with Gasteiger partial charge in [-0.25, -0.2) is 0 Å². The van der Waals surface area contributed by atoms with E-state index >= 15 is 0 Å². The summed E-state index contributed by atoms with van der Waals surface area (Å²) in [5, 5.41) is 5.88. The summed E-state index contributed by atoms with van der Waals surface area (Å²) in [5.41, 5.74) is 0. The van der Waals surface area contributed by atoms with Gasteiger partial charge in [0, 0.05) is 45.7 Å². The quantitative estimate of drug-likeness (QED) is 0.641. The molecule has 7 heteroatoms. The summed E-state index contributed by atoms with van der Waals surface area (Å²) in [7, 11) is 2.06. The standard InChI is InChI=1S/C13H24N4O3/c1-16-5-7-17(8-6-16)12(18)2-3-15-13(19)11-10-20-9-4-14-11/h11,14H,2-10H2,1H3,(H,15,19). The van der Waals surface area contributed by atoms with Crippen LogP contribution >= 0.6 is 0 Å². The second-order valence-corrected chi connectivity index (χ2v) is 5.31. The van der Waals surface area contributed by atoms with E-state index in [4.69, 9.17) is 4.74 Å². The molecule has 1 atom stereocenters. The molecule has 0 saturated carbocycles. The first kappa shape index (κ1) is 15.2. The molecule has 2 N–H and O–H groups in total. The lowest BCUT2D eigenvalue weighted by molar-refractivity contribution is -0.132. The normalized spacial score (nSPS) is 24.4. The molecule has 7 nitrogen and oxygen atoms in total. The zero-order valence-electron chi connectivity index (χ0n) is 12.1. The van der Waals surface area contributed by atoms with E-state index in [1.807, 2.05) is 4.90 Å². The van der Waals surface area contributed by atoms with E-state index in [2.05, 4.69) is 22.6 Å². The Hall–Kier alpha value is -1.18. The molecule has 2 rings (SSSR count). The molecular formula is C13H24N4O3. The first-order chi connectivity index (χ1) is 9.66. The molecule has 114 valence electrons. The van der Waals surface area contributed by atoms with Crippen molar-refractivity contribution in [3.63, 3.8) is 0 Å². The highest BCUT2D eigenvalue weighted by molar-refractivity contribution is 5.83. The largest absolute Gasteiger partial charge is 0.378 e. The average Bonchev–Trinajstić information content (AvgIpc) is 2.48. The number of amides is 2. The van der Waals surface area contributed by atoms with Crippen molar-refractivity contribution in [2.45, 2.75) is 12.5 Å². The second-order valence-electron chi connectivity index (χ2n) is 5.31. The minimum absolute atomic E-state index is 0.0872. The van der Waals surface area contributed by atoms with Gasteiger partial charge in [-0.2, -0.15) is 0 Å². The van der Waals surface area contributed by atoms with Crippen LogP contribution in [0.5, 0.6) is 0 Å². The minimum Gasteiger partial charge on any atom is -0.378 e. The summed E-state index contributed by atoms with van der Waals surface area (Å²) in [6.45, 7) is 5.52. The third-order valence-electron chi connectivity index (χ3n) is 3.73. The Kier molecular flexibility index (Phi) is 5.75. The Balaban J connectivity index is 1.62. The topological polar surface area (TPSA) is 73.9 Å². The van der Waals surface area contributed by atoms with Gasteiger partial charge >= 0.3 is 0 Å². The van der Waals surface area contributed by atoms with Gasteiger partial charge in [0.15, 0.2) is 0 Å². The Morgan fingerprint density at radius 3 is 2.70 bits per heavy atom. The van der Waals surface area contributed by atoms with Gasteiger partial charge < -0.3 is 25.2 Å². The highest BCUT2D eigenvalue weighted by Crippen LogP contribution is 2.01. The molecule has 0 radical (unpaired) electrons. The number of carbonyl (C=O) groups is 2. The zero-order chi connectivity index (χ0) is 14.4. The summed E-state index contributed by atoms with van der Waals surface area (Å²) in [6.07, 6.45) is 0.364. The molecule has 2 aliphatic rings. The Morgan fingerprint density at radius 2 is 2.05 bits per heavy atom. The molecule has 0 aromatic carbocycles. The SMILES string of the molecule is CN1CCN(C(=O)CCNC(=O)C2COCCN2)CC1. The molecular weight excluding hydrogens is 260 g/mol. The molecule has 0 bridgehead atoms. The molecule has 2 fully saturated rings. The lowest BCUT2D eigenvalue weighted by atomic mass is 10.2. The number of nitrogens with one attached hydrogen (secondary N) is 2.